The quantitative estimate of drug-likeness (QED) is 0.420. The van der Waals surface area contributed by atoms with Crippen LogP contribution in [-0.4, -0.2) is 42.0 Å². The number of carbonyl (C=O) groups is 1. The molecule has 3 N–H and O–H groups in total. The van der Waals surface area contributed by atoms with Crippen LogP contribution < -0.4 is 5.32 Å². The molecule has 4 heterocycles. The number of thiophene rings is 1. The Morgan fingerprint density at radius 1 is 1.33 bits per heavy atom. The topological polar surface area (TPSA) is 117 Å². The number of carboxylic acids is 1. The van der Waals surface area contributed by atoms with Crippen molar-refractivity contribution in [2.45, 2.75) is 33.2 Å². The first-order valence-electron chi connectivity index (χ1n) is 9.50. The maximum Gasteiger partial charge on any atom is 0.305 e. The van der Waals surface area contributed by atoms with Gasteiger partial charge in [-0.05, 0) is 16.9 Å². The van der Waals surface area contributed by atoms with E-state index in [4.69, 9.17) is 9.97 Å². The van der Waals surface area contributed by atoms with Gasteiger partial charge in [0.1, 0.15) is 17.8 Å². The molecular weight excluding hydrogens is 400 g/mol. The van der Waals surface area contributed by atoms with E-state index in [-0.39, 0.29) is 17.9 Å². The van der Waals surface area contributed by atoms with Gasteiger partial charge in [-0.3, -0.25) is 4.79 Å². The fraction of sp³-hybridized carbons (Fsp3) is 0.286. The maximum absolute atomic E-state index is 11.4. The second-order valence-corrected chi connectivity index (χ2v) is 9.04. The lowest BCUT2D eigenvalue weighted by molar-refractivity contribution is -0.137. The summed E-state index contributed by atoms with van der Waals surface area (Å²) < 4.78 is 0. The minimum atomic E-state index is -0.857. The van der Waals surface area contributed by atoms with Gasteiger partial charge in [0.25, 0.3) is 0 Å². The highest BCUT2D eigenvalue weighted by Crippen LogP contribution is 2.32. The van der Waals surface area contributed by atoms with Crippen LogP contribution in [0.25, 0.3) is 33.0 Å². The van der Waals surface area contributed by atoms with Crippen LogP contribution in [0.15, 0.2) is 42.3 Å². The highest BCUT2D eigenvalue weighted by Gasteiger charge is 2.28. The molecule has 4 aromatic rings. The van der Waals surface area contributed by atoms with Gasteiger partial charge in [-0.2, -0.15) is 0 Å². The lowest BCUT2D eigenvalue weighted by Gasteiger charge is -2.31. The Balaban J connectivity index is 1.81. The average molecular weight is 423 g/mol. The predicted octanol–water partition coefficient (Wildman–Crippen LogP) is 4.44. The number of carboxylic acid groups (broad SMARTS) is 1. The summed E-state index contributed by atoms with van der Waals surface area (Å²) in [5, 5.41) is 15.5. The van der Waals surface area contributed by atoms with Gasteiger partial charge in [0.05, 0.1) is 17.0 Å². The number of H-pyrrole nitrogens is 1. The van der Waals surface area contributed by atoms with Crippen LogP contribution in [0.5, 0.6) is 0 Å². The van der Waals surface area contributed by atoms with E-state index in [2.05, 4.69) is 20.3 Å². The van der Waals surface area contributed by atoms with Gasteiger partial charge in [0.15, 0.2) is 5.82 Å². The van der Waals surface area contributed by atoms with Crippen molar-refractivity contribution in [1.29, 1.82) is 0 Å². The Morgan fingerprint density at radius 3 is 2.87 bits per heavy atom. The van der Waals surface area contributed by atoms with Gasteiger partial charge in [-0.1, -0.05) is 26.8 Å². The molecule has 0 fully saturated rings. The number of aliphatic carboxylic acids is 1. The van der Waals surface area contributed by atoms with Gasteiger partial charge in [0, 0.05) is 35.5 Å². The molecule has 0 spiro atoms. The largest absolute Gasteiger partial charge is 0.481 e. The Bertz CT molecular complexity index is 1180. The van der Waals surface area contributed by atoms with Gasteiger partial charge >= 0.3 is 5.97 Å². The number of fused-ring (bicyclic) bond motifs is 1. The van der Waals surface area contributed by atoms with Crippen molar-refractivity contribution >= 4 is 34.2 Å². The Labute approximate surface area is 177 Å². The van der Waals surface area contributed by atoms with Crippen molar-refractivity contribution in [3.05, 3.63) is 42.3 Å². The maximum atomic E-state index is 11.4. The van der Waals surface area contributed by atoms with Crippen molar-refractivity contribution in [3.63, 3.8) is 0 Å². The second kappa shape index (κ2) is 7.83. The zero-order chi connectivity index (χ0) is 21.3. The number of hydrogen-bond donors (Lipinski definition) is 3. The third-order valence-corrected chi connectivity index (χ3v) is 5.73. The van der Waals surface area contributed by atoms with Crippen LogP contribution >= 0.6 is 11.3 Å². The Hall–Kier alpha value is -3.33. The summed E-state index contributed by atoms with van der Waals surface area (Å²) in [5.74, 6) is 0.243. The van der Waals surface area contributed by atoms with E-state index in [0.29, 0.717) is 17.3 Å². The Kier molecular flexibility index (Phi) is 5.21. The third kappa shape index (κ3) is 4.16. The average Bonchev–Trinajstić information content (AvgIpc) is 3.36. The van der Waals surface area contributed by atoms with Crippen molar-refractivity contribution in [1.82, 2.24) is 24.9 Å². The molecule has 0 amide bonds. The fourth-order valence-electron chi connectivity index (χ4n) is 3.16. The summed E-state index contributed by atoms with van der Waals surface area (Å²) in [6.07, 6.45) is 5.01. The first-order valence-corrected chi connectivity index (χ1v) is 10.4. The number of hydrogen-bond acceptors (Lipinski definition) is 7. The third-order valence-electron chi connectivity index (χ3n) is 4.84. The van der Waals surface area contributed by atoms with Crippen molar-refractivity contribution < 1.29 is 9.90 Å². The van der Waals surface area contributed by atoms with E-state index in [1.807, 2.05) is 50.5 Å². The van der Waals surface area contributed by atoms with E-state index in [1.165, 1.54) is 6.33 Å². The molecule has 4 rings (SSSR count). The normalized spacial score (nSPS) is 12.8. The molecule has 30 heavy (non-hydrogen) atoms. The Morgan fingerprint density at radius 2 is 2.17 bits per heavy atom. The smallest absolute Gasteiger partial charge is 0.305 e. The summed E-state index contributed by atoms with van der Waals surface area (Å²) in [6, 6.07) is 5.52. The minimum Gasteiger partial charge on any atom is -0.481 e. The van der Waals surface area contributed by atoms with Crippen LogP contribution in [0.2, 0.25) is 0 Å². The van der Waals surface area contributed by atoms with Crippen LogP contribution in [0.1, 0.15) is 27.2 Å². The van der Waals surface area contributed by atoms with E-state index in [0.717, 1.165) is 21.5 Å². The van der Waals surface area contributed by atoms with E-state index in [9.17, 15) is 9.90 Å². The van der Waals surface area contributed by atoms with Crippen molar-refractivity contribution in [2.24, 2.45) is 5.41 Å². The summed E-state index contributed by atoms with van der Waals surface area (Å²) in [5.41, 5.74) is 1.99. The van der Waals surface area contributed by atoms with Crippen LogP contribution in [0.3, 0.4) is 0 Å². The van der Waals surface area contributed by atoms with Gasteiger partial charge < -0.3 is 15.4 Å². The van der Waals surface area contributed by atoms with Gasteiger partial charge in [0.2, 0.25) is 0 Å². The molecule has 1 atom stereocenters. The first kappa shape index (κ1) is 20.0. The standard InChI is InChI=1S/C21H22N6O2S/c1-21(2,3)16(8-18(28)29)26-17-7-14(15-5-4-6-30-15)25-20(27-17)13-10-23-19-12(13)9-22-11-24-19/h4-7,9-11,16H,8H2,1-3H3,(H,28,29)(H,22,23,24)(H,25,26,27)/t16-/m1/s1. The second-order valence-electron chi connectivity index (χ2n) is 8.09. The summed E-state index contributed by atoms with van der Waals surface area (Å²) >= 11 is 1.58. The van der Waals surface area contributed by atoms with Crippen molar-refractivity contribution in [3.8, 4) is 22.0 Å². The number of nitrogens with one attached hydrogen (secondary N) is 2. The molecule has 0 saturated heterocycles. The van der Waals surface area contributed by atoms with Crippen LogP contribution in [-0.2, 0) is 4.79 Å². The lowest BCUT2D eigenvalue weighted by atomic mass is 9.85. The molecule has 0 aromatic carbocycles. The predicted molar refractivity (Wildman–Crippen MR) is 117 cm³/mol. The lowest BCUT2D eigenvalue weighted by Crippen LogP contribution is -2.36. The number of rotatable bonds is 6. The molecule has 154 valence electrons. The van der Waals surface area contributed by atoms with Gasteiger partial charge in [-0.15, -0.1) is 11.3 Å². The SMILES string of the molecule is CC(C)(C)[C@@H](CC(=O)O)Nc1cc(-c2cccs2)nc(-c2c[nH]c3ncncc23)n1. The minimum absolute atomic E-state index is 0.0158. The molecule has 0 aliphatic carbocycles. The molecule has 0 aliphatic rings. The molecule has 0 radical (unpaired) electrons. The summed E-state index contributed by atoms with van der Waals surface area (Å²) in [4.78, 5) is 33.4. The van der Waals surface area contributed by atoms with E-state index in [1.54, 1.807) is 17.5 Å². The number of nitrogens with zero attached hydrogens (tertiary/aromatic N) is 4. The molecule has 0 unspecified atom stereocenters. The number of aromatic nitrogens is 5. The molecule has 8 nitrogen and oxygen atoms in total. The summed E-state index contributed by atoms with van der Waals surface area (Å²) in [7, 11) is 0. The van der Waals surface area contributed by atoms with Crippen LogP contribution in [0.4, 0.5) is 5.82 Å². The molecule has 4 aromatic heterocycles. The van der Waals surface area contributed by atoms with Crippen LogP contribution in [0, 0.1) is 5.41 Å². The van der Waals surface area contributed by atoms with Crippen molar-refractivity contribution in [2.75, 3.05) is 5.32 Å². The highest BCUT2D eigenvalue weighted by atomic mass is 32.1. The van der Waals surface area contributed by atoms with E-state index >= 15 is 0 Å². The number of anilines is 1. The molecular formula is C21H22N6O2S. The zero-order valence-electron chi connectivity index (χ0n) is 16.9. The molecule has 0 bridgehead atoms. The summed E-state index contributed by atoms with van der Waals surface area (Å²) in [6.45, 7) is 6.02. The first-order chi connectivity index (χ1) is 14.3. The molecule has 9 heteroatoms. The van der Waals surface area contributed by atoms with Gasteiger partial charge in [-0.25, -0.2) is 19.9 Å². The zero-order valence-corrected chi connectivity index (χ0v) is 17.7. The van der Waals surface area contributed by atoms with E-state index < -0.39 is 5.97 Å². The monoisotopic (exact) mass is 422 g/mol. The molecule has 0 aliphatic heterocycles. The molecule has 0 saturated carbocycles. The number of aromatic amines is 1. The fourth-order valence-corrected chi connectivity index (χ4v) is 3.85. The highest BCUT2D eigenvalue weighted by molar-refractivity contribution is 7.13.